The number of methoxy groups -OCH3 is 1. The van der Waals surface area contributed by atoms with E-state index in [1.54, 1.807) is 12.1 Å². The number of Topliss-reactive ketones (excluding diaryl/α,β-unsaturated/α-hetero) is 1. The molecule has 0 radical (unpaired) electrons. The standard InChI is InChI=1S/C14H13NO3/c1-18-14(17)12-8-7-11(15-12)13(16)9-10-5-3-2-4-6-10/h2-8,15H,9H2,1H3. The Bertz CT molecular complexity index is 557. The molecule has 0 unspecified atom stereocenters. The average molecular weight is 243 g/mol. The van der Waals surface area contributed by atoms with Gasteiger partial charge in [0.1, 0.15) is 5.69 Å². The van der Waals surface area contributed by atoms with Crippen LogP contribution in [-0.4, -0.2) is 23.8 Å². The van der Waals surface area contributed by atoms with Gasteiger partial charge in [0, 0.05) is 6.42 Å². The van der Waals surface area contributed by atoms with Gasteiger partial charge in [0.25, 0.3) is 0 Å². The topological polar surface area (TPSA) is 59.2 Å². The quantitative estimate of drug-likeness (QED) is 0.661. The van der Waals surface area contributed by atoms with Gasteiger partial charge >= 0.3 is 5.97 Å². The molecule has 1 aromatic heterocycles. The van der Waals surface area contributed by atoms with E-state index in [0.29, 0.717) is 12.1 Å². The molecule has 0 spiro atoms. The van der Waals surface area contributed by atoms with E-state index >= 15 is 0 Å². The van der Waals surface area contributed by atoms with E-state index in [1.165, 1.54) is 7.11 Å². The molecule has 0 saturated heterocycles. The van der Waals surface area contributed by atoms with Gasteiger partial charge in [-0.15, -0.1) is 0 Å². The van der Waals surface area contributed by atoms with E-state index in [9.17, 15) is 9.59 Å². The first-order valence-corrected chi connectivity index (χ1v) is 5.55. The lowest BCUT2D eigenvalue weighted by Crippen LogP contribution is -2.06. The zero-order valence-corrected chi connectivity index (χ0v) is 9.97. The lowest BCUT2D eigenvalue weighted by atomic mass is 10.1. The third kappa shape index (κ3) is 2.66. The van der Waals surface area contributed by atoms with Crippen LogP contribution in [-0.2, 0) is 11.2 Å². The molecule has 4 heteroatoms. The number of hydrogen-bond donors (Lipinski definition) is 1. The number of rotatable bonds is 4. The Labute approximate surface area is 105 Å². The Hall–Kier alpha value is -2.36. The van der Waals surface area contributed by atoms with Crippen LogP contribution in [0.2, 0.25) is 0 Å². The molecule has 0 aliphatic heterocycles. The van der Waals surface area contributed by atoms with Crippen LogP contribution in [0.5, 0.6) is 0 Å². The molecule has 1 aromatic carbocycles. The summed E-state index contributed by atoms with van der Waals surface area (Å²) in [5.74, 6) is -0.537. The zero-order chi connectivity index (χ0) is 13.0. The van der Waals surface area contributed by atoms with Gasteiger partial charge in [-0.05, 0) is 17.7 Å². The SMILES string of the molecule is COC(=O)c1ccc(C(=O)Cc2ccccc2)[nH]1. The third-order valence-electron chi connectivity index (χ3n) is 2.60. The minimum atomic E-state index is -0.478. The van der Waals surface area contributed by atoms with Crippen molar-refractivity contribution in [1.82, 2.24) is 4.98 Å². The first-order chi connectivity index (χ1) is 8.70. The van der Waals surface area contributed by atoms with E-state index in [1.807, 2.05) is 30.3 Å². The van der Waals surface area contributed by atoms with Crippen molar-refractivity contribution in [1.29, 1.82) is 0 Å². The number of hydrogen-bond acceptors (Lipinski definition) is 3. The zero-order valence-electron chi connectivity index (χ0n) is 9.97. The number of ether oxygens (including phenoxy) is 1. The molecule has 18 heavy (non-hydrogen) atoms. The van der Waals surface area contributed by atoms with Gasteiger partial charge in [-0.25, -0.2) is 4.79 Å². The fourth-order valence-corrected chi connectivity index (χ4v) is 1.66. The molecule has 92 valence electrons. The molecule has 0 amide bonds. The molecule has 0 atom stereocenters. The first kappa shape index (κ1) is 12.1. The van der Waals surface area contributed by atoms with Crippen LogP contribution in [0.1, 0.15) is 26.5 Å². The molecule has 2 rings (SSSR count). The summed E-state index contributed by atoms with van der Waals surface area (Å²) in [4.78, 5) is 26.0. The highest BCUT2D eigenvalue weighted by atomic mass is 16.5. The van der Waals surface area contributed by atoms with E-state index in [4.69, 9.17) is 0 Å². The number of carbonyl (C=O) groups excluding carboxylic acids is 2. The lowest BCUT2D eigenvalue weighted by molar-refractivity contribution is 0.0595. The van der Waals surface area contributed by atoms with Crippen LogP contribution in [0.15, 0.2) is 42.5 Å². The summed E-state index contributed by atoms with van der Waals surface area (Å²) in [7, 11) is 1.30. The molecule has 2 aromatic rings. The van der Waals surface area contributed by atoms with Crippen molar-refractivity contribution < 1.29 is 14.3 Å². The Morgan fingerprint density at radius 2 is 1.72 bits per heavy atom. The van der Waals surface area contributed by atoms with Crippen LogP contribution in [0.4, 0.5) is 0 Å². The fourth-order valence-electron chi connectivity index (χ4n) is 1.66. The Morgan fingerprint density at radius 1 is 1.06 bits per heavy atom. The number of H-pyrrole nitrogens is 1. The number of aromatic nitrogens is 1. The number of ketones is 1. The highest BCUT2D eigenvalue weighted by Crippen LogP contribution is 2.08. The van der Waals surface area contributed by atoms with E-state index in [0.717, 1.165) is 5.56 Å². The van der Waals surface area contributed by atoms with Gasteiger partial charge in [0.05, 0.1) is 12.8 Å². The Balaban J connectivity index is 2.10. The van der Waals surface area contributed by atoms with Gasteiger partial charge in [-0.1, -0.05) is 30.3 Å². The summed E-state index contributed by atoms with van der Waals surface area (Å²) in [5.41, 5.74) is 1.64. The second-order valence-corrected chi connectivity index (χ2v) is 3.86. The van der Waals surface area contributed by atoms with E-state index < -0.39 is 5.97 Å². The van der Waals surface area contributed by atoms with Crippen LogP contribution < -0.4 is 0 Å². The van der Waals surface area contributed by atoms with Gasteiger partial charge in [-0.3, -0.25) is 4.79 Å². The summed E-state index contributed by atoms with van der Waals surface area (Å²) in [6, 6.07) is 12.6. The van der Waals surface area contributed by atoms with Gasteiger partial charge in [0.15, 0.2) is 5.78 Å². The van der Waals surface area contributed by atoms with Crippen LogP contribution in [0.25, 0.3) is 0 Å². The third-order valence-corrected chi connectivity index (χ3v) is 2.60. The minimum Gasteiger partial charge on any atom is -0.464 e. The summed E-state index contributed by atoms with van der Waals surface area (Å²) < 4.78 is 4.57. The van der Waals surface area contributed by atoms with Crippen molar-refractivity contribution >= 4 is 11.8 Å². The van der Waals surface area contributed by atoms with Gasteiger partial charge in [-0.2, -0.15) is 0 Å². The van der Waals surface area contributed by atoms with Crippen LogP contribution in [0, 0.1) is 0 Å². The number of nitrogens with one attached hydrogen (secondary N) is 1. The van der Waals surface area contributed by atoms with Crippen molar-refractivity contribution in [3.05, 3.63) is 59.4 Å². The second kappa shape index (κ2) is 5.31. The number of esters is 1. The van der Waals surface area contributed by atoms with Crippen LogP contribution in [0.3, 0.4) is 0 Å². The van der Waals surface area contributed by atoms with Crippen molar-refractivity contribution in [2.75, 3.05) is 7.11 Å². The van der Waals surface area contributed by atoms with Gasteiger partial charge < -0.3 is 9.72 Å². The summed E-state index contributed by atoms with van der Waals surface area (Å²) >= 11 is 0. The number of carbonyl (C=O) groups is 2. The minimum absolute atomic E-state index is 0.0589. The maximum Gasteiger partial charge on any atom is 0.354 e. The van der Waals surface area contributed by atoms with Crippen molar-refractivity contribution in [2.45, 2.75) is 6.42 Å². The Morgan fingerprint density at radius 3 is 2.39 bits per heavy atom. The maximum atomic E-state index is 12.0. The van der Waals surface area contributed by atoms with E-state index in [2.05, 4.69) is 9.72 Å². The molecule has 0 aliphatic rings. The molecule has 1 N–H and O–H groups in total. The van der Waals surface area contributed by atoms with Crippen molar-refractivity contribution in [3.8, 4) is 0 Å². The molecule has 0 bridgehead atoms. The summed E-state index contributed by atoms with van der Waals surface area (Å²) in [6.45, 7) is 0. The highest BCUT2D eigenvalue weighted by Gasteiger charge is 2.13. The summed E-state index contributed by atoms with van der Waals surface area (Å²) in [5, 5.41) is 0. The second-order valence-electron chi connectivity index (χ2n) is 3.86. The lowest BCUT2D eigenvalue weighted by Gasteiger charge is -1.99. The first-order valence-electron chi connectivity index (χ1n) is 5.55. The largest absolute Gasteiger partial charge is 0.464 e. The Kier molecular flexibility index (Phi) is 3.57. The van der Waals surface area contributed by atoms with Gasteiger partial charge in [0.2, 0.25) is 0 Å². The molecular weight excluding hydrogens is 230 g/mol. The van der Waals surface area contributed by atoms with E-state index in [-0.39, 0.29) is 11.5 Å². The van der Waals surface area contributed by atoms with Crippen molar-refractivity contribution in [3.63, 3.8) is 0 Å². The molecule has 0 aliphatic carbocycles. The highest BCUT2D eigenvalue weighted by molar-refractivity contribution is 5.98. The fraction of sp³-hybridized carbons (Fsp3) is 0.143. The predicted octanol–water partition coefficient (Wildman–Crippen LogP) is 2.23. The maximum absolute atomic E-state index is 12.0. The normalized spacial score (nSPS) is 10.1. The number of aromatic amines is 1. The molecule has 4 nitrogen and oxygen atoms in total. The summed E-state index contributed by atoms with van der Waals surface area (Å²) in [6.07, 6.45) is 0.308. The predicted molar refractivity (Wildman–Crippen MR) is 66.6 cm³/mol. The van der Waals surface area contributed by atoms with Crippen LogP contribution >= 0.6 is 0 Å². The molecule has 0 fully saturated rings. The molecule has 1 heterocycles. The molecular formula is C14H13NO3. The smallest absolute Gasteiger partial charge is 0.354 e. The average Bonchev–Trinajstić information content (AvgIpc) is 2.88. The van der Waals surface area contributed by atoms with Crippen molar-refractivity contribution in [2.24, 2.45) is 0 Å². The monoisotopic (exact) mass is 243 g/mol. The number of benzene rings is 1. The molecule has 0 saturated carbocycles.